The Morgan fingerprint density at radius 3 is 2.64 bits per heavy atom. The molecule has 0 aliphatic carbocycles. The van der Waals surface area contributed by atoms with Crippen LogP contribution in [0.1, 0.15) is 5.56 Å². The van der Waals surface area contributed by atoms with Crippen LogP contribution in [-0.4, -0.2) is 52.0 Å². The van der Waals surface area contributed by atoms with E-state index in [1.807, 2.05) is 18.2 Å². The van der Waals surface area contributed by atoms with Crippen molar-refractivity contribution < 1.29 is 22.7 Å². The van der Waals surface area contributed by atoms with Crippen LogP contribution in [0.4, 0.5) is 5.69 Å². The molecule has 2 aromatic carbocycles. The highest BCUT2D eigenvalue weighted by atomic mass is 32.2. The summed E-state index contributed by atoms with van der Waals surface area (Å²) in [7, 11) is -2.04. The molecule has 0 atom stereocenters. The maximum absolute atomic E-state index is 12.7. The first-order chi connectivity index (χ1) is 13.5. The van der Waals surface area contributed by atoms with Crippen molar-refractivity contribution in [1.82, 2.24) is 4.31 Å². The Balaban J connectivity index is 1.70. The van der Waals surface area contributed by atoms with Gasteiger partial charge in [0, 0.05) is 24.9 Å². The molecule has 1 amide bonds. The number of amides is 1. The summed E-state index contributed by atoms with van der Waals surface area (Å²) in [6.07, 6.45) is 3.05. The SMILES string of the molecule is COc1cccc(/C=C/C(=O)Nc2cccc(S(=O)(=O)N3CCOCC3)c2)c1. The predicted molar refractivity (Wildman–Crippen MR) is 107 cm³/mol. The first kappa shape index (κ1) is 20.1. The van der Waals surface area contributed by atoms with Crippen LogP contribution in [0.2, 0.25) is 0 Å². The number of ether oxygens (including phenoxy) is 2. The number of rotatable bonds is 6. The lowest BCUT2D eigenvalue weighted by Crippen LogP contribution is -2.40. The Morgan fingerprint density at radius 1 is 1.14 bits per heavy atom. The van der Waals surface area contributed by atoms with Gasteiger partial charge >= 0.3 is 0 Å². The molecule has 0 spiro atoms. The third kappa shape index (κ3) is 4.98. The highest BCUT2D eigenvalue weighted by Gasteiger charge is 2.26. The number of carbonyl (C=O) groups is 1. The van der Waals surface area contributed by atoms with E-state index in [1.165, 1.54) is 22.5 Å². The summed E-state index contributed by atoms with van der Waals surface area (Å²) in [5.74, 6) is 0.340. The van der Waals surface area contributed by atoms with Gasteiger partial charge in [0.1, 0.15) is 5.75 Å². The first-order valence-corrected chi connectivity index (χ1v) is 10.2. The number of anilines is 1. The minimum atomic E-state index is -3.61. The van der Waals surface area contributed by atoms with Gasteiger partial charge in [-0.05, 0) is 42.0 Å². The second-order valence-electron chi connectivity index (χ2n) is 6.14. The van der Waals surface area contributed by atoms with Crippen LogP contribution in [0, 0.1) is 0 Å². The Labute approximate surface area is 164 Å². The van der Waals surface area contributed by atoms with Gasteiger partial charge in [-0.15, -0.1) is 0 Å². The van der Waals surface area contributed by atoms with E-state index in [9.17, 15) is 13.2 Å². The third-order valence-corrected chi connectivity index (χ3v) is 6.12. The number of nitrogens with zero attached hydrogens (tertiary/aromatic N) is 1. The van der Waals surface area contributed by atoms with E-state index in [0.29, 0.717) is 37.7 Å². The van der Waals surface area contributed by atoms with E-state index in [2.05, 4.69) is 5.32 Å². The molecule has 8 heteroatoms. The molecule has 28 heavy (non-hydrogen) atoms. The number of sulfonamides is 1. The molecule has 1 fully saturated rings. The van der Waals surface area contributed by atoms with Gasteiger partial charge in [0.05, 0.1) is 25.2 Å². The van der Waals surface area contributed by atoms with E-state index in [1.54, 1.807) is 31.4 Å². The zero-order chi connectivity index (χ0) is 20.0. The molecule has 0 bridgehead atoms. The molecule has 1 saturated heterocycles. The highest BCUT2D eigenvalue weighted by Crippen LogP contribution is 2.21. The number of benzene rings is 2. The van der Waals surface area contributed by atoms with E-state index in [0.717, 1.165) is 5.56 Å². The molecule has 2 aromatic rings. The number of morpholine rings is 1. The Bertz CT molecular complexity index is 966. The Morgan fingerprint density at radius 2 is 1.89 bits per heavy atom. The standard InChI is InChI=1S/C20H22N2O5S/c1-26-18-6-2-4-16(14-18)8-9-20(23)21-17-5-3-7-19(15-17)28(24,25)22-10-12-27-13-11-22/h2-9,14-15H,10-13H2,1H3,(H,21,23)/b9-8+. The fourth-order valence-corrected chi connectivity index (χ4v) is 4.23. The van der Waals surface area contributed by atoms with Crippen LogP contribution < -0.4 is 10.1 Å². The highest BCUT2D eigenvalue weighted by molar-refractivity contribution is 7.89. The molecule has 0 aromatic heterocycles. The van der Waals surface area contributed by atoms with Gasteiger partial charge in [-0.25, -0.2) is 8.42 Å². The van der Waals surface area contributed by atoms with Gasteiger partial charge in [-0.3, -0.25) is 4.79 Å². The first-order valence-electron chi connectivity index (χ1n) is 8.80. The van der Waals surface area contributed by atoms with Crippen LogP contribution in [0.3, 0.4) is 0 Å². The van der Waals surface area contributed by atoms with E-state index >= 15 is 0 Å². The fraction of sp³-hybridized carbons (Fsp3) is 0.250. The molecule has 0 unspecified atom stereocenters. The molecule has 148 valence electrons. The van der Waals surface area contributed by atoms with Gasteiger partial charge in [-0.1, -0.05) is 18.2 Å². The van der Waals surface area contributed by atoms with Crippen molar-refractivity contribution in [3.8, 4) is 5.75 Å². The smallest absolute Gasteiger partial charge is 0.248 e. The van der Waals surface area contributed by atoms with Crippen LogP contribution >= 0.6 is 0 Å². The van der Waals surface area contributed by atoms with E-state index in [-0.39, 0.29) is 10.8 Å². The molecular weight excluding hydrogens is 380 g/mol. The van der Waals surface area contributed by atoms with Crippen molar-refractivity contribution in [3.05, 3.63) is 60.2 Å². The molecular formula is C20H22N2O5S. The quantitative estimate of drug-likeness (QED) is 0.750. The average molecular weight is 402 g/mol. The summed E-state index contributed by atoms with van der Waals surface area (Å²) in [6, 6.07) is 13.5. The molecule has 1 aliphatic rings. The monoisotopic (exact) mass is 402 g/mol. The molecule has 0 saturated carbocycles. The molecule has 1 heterocycles. The summed E-state index contributed by atoms with van der Waals surface area (Å²) < 4.78 is 37.2. The molecule has 3 rings (SSSR count). The van der Waals surface area contributed by atoms with Crippen LogP contribution in [0.15, 0.2) is 59.5 Å². The number of carbonyl (C=O) groups excluding carboxylic acids is 1. The number of nitrogens with one attached hydrogen (secondary N) is 1. The fourth-order valence-electron chi connectivity index (χ4n) is 2.77. The Kier molecular flexibility index (Phi) is 6.45. The summed E-state index contributed by atoms with van der Waals surface area (Å²) in [5.41, 5.74) is 1.23. The zero-order valence-electron chi connectivity index (χ0n) is 15.5. The second-order valence-corrected chi connectivity index (χ2v) is 8.08. The number of hydrogen-bond donors (Lipinski definition) is 1. The van der Waals surface area contributed by atoms with Crippen molar-refractivity contribution in [3.63, 3.8) is 0 Å². The van der Waals surface area contributed by atoms with Gasteiger partial charge in [-0.2, -0.15) is 4.31 Å². The van der Waals surface area contributed by atoms with Gasteiger partial charge < -0.3 is 14.8 Å². The largest absolute Gasteiger partial charge is 0.497 e. The van der Waals surface area contributed by atoms with Crippen molar-refractivity contribution in [2.75, 3.05) is 38.7 Å². The topological polar surface area (TPSA) is 84.9 Å². The number of hydrogen-bond acceptors (Lipinski definition) is 5. The summed E-state index contributed by atoms with van der Waals surface area (Å²) >= 11 is 0. The minimum absolute atomic E-state index is 0.143. The van der Waals surface area contributed by atoms with Crippen molar-refractivity contribution in [2.45, 2.75) is 4.90 Å². The molecule has 1 aliphatic heterocycles. The van der Waals surface area contributed by atoms with Crippen molar-refractivity contribution >= 4 is 27.7 Å². The average Bonchev–Trinajstić information content (AvgIpc) is 2.73. The second kappa shape index (κ2) is 9.01. The zero-order valence-corrected chi connectivity index (χ0v) is 16.3. The van der Waals surface area contributed by atoms with Gasteiger partial charge in [0.25, 0.3) is 0 Å². The van der Waals surface area contributed by atoms with Crippen molar-refractivity contribution in [1.29, 1.82) is 0 Å². The summed E-state index contributed by atoms with van der Waals surface area (Å²) in [6.45, 7) is 1.40. The lowest BCUT2D eigenvalue weighted by Gasteiger charge is -2.26. The summed E-state index contributed by atoms with van der Waals surface area (Å²) in [4.78, 5) is 12.3. The molecule has 7 nitrogen and oxygen atoms in total. The third-order valence-electron chi connectivity index (χ3n) is 4.23. The van der Waals surface area contributed by atoms with E-state index < -0.39 is 10.0 Å². The number of methoxy groups -OCH3 is 1. The van der Waals surface area contributed by atoms with Gasteiger partial charge in [0.15, 0.2) is 0 Å². The lowest BCUT2D eigenvalue weighted by atomic mass is 10.2. The normalized spacial score (nSPS) is 15.5. The minimum Gasteiger partial charge on any atom is -0.497 e. The van der Waals surface area contributed by atoms with Crippen LogP contribution in [-0.2, 0) is 19.6 Å². The maximum atomic E-state index is 12.7. The maximum Gasteiger partial charge on any atom is 0.248 e. The molecule has 1 N–H and O–H groups in total. The van der Waals surface area contributed by atoms with E-state index in [4.69, 9.17) is 9.47 Å². The summed E-state index contributed by atoms with van der Waals surface area (Å²) in [5, 5.41) is 2.69. The van der Waals surface area contributed by atoms with Gasteiger partial charge in [0.2, 0.25) is 15.9 Å². The lowest BCUT2D eigenvalue weighted by molar-refractivity contribution is -0.111. The van der Waals surface area contributed by atoms with Crippen LogP contribution in [0.25, 0.3) is 6.08 Å². The van der Waals surface area contributed by atoms with Crippen molar-refractivity contribution in [2.24, 2.45) is 0 Å². The predicted octanol–water partition coefficient (Wildman–Crippen LogP) is 2.37. The Hall–Kier alpha value is -2.68. The molecule has 0 radical (unpaired) electrons. The van der Waals surface area contributed by atoms with Crippen LogP contribution in [0.5, 0.6) is 5.75 Å².